The lowest BCUT2D eigenvalue weighted by atomic mass is 10.2. The SMILES string of the molecule is Cc1ncsc1C(=O)NC(C#N)c1ccco1. The molecule has 0 aliphatic rings. The molecule has 86 valence electrons. The molecular formula is C11H9N3O2S. The van der Waals surface area contributed by atoms with Gasteiger partial charge in [-0.3, -0.25) is 4.79 Å². The first-order valence-electron chi connectivity index (χ1n) is 4.86. The van der Waals surface area contributed by atoms with Crippen LogP contribution in [-0.2, 0) is 0 Å². The predicted molar refractivity (Wildman–Crippen MR) is 61.4 cm³/mol. The van der Waals surface area contributed by atoms with Crippen LogP contribution in [0.2, 0.25) is 0 Å². The van der Waals surface area contributed by atoms with Crippen molar-refractivity contribution in [1.82, 2.24) is 10.3 Å². The average molecular weight is 247 g/mol. The molecule has 1 amide bonds. The lowest BCUT2D eigenvalue weighted by Gasteiger charge is -2.07. The molecule has 17 heavy (non-hydrogen) atoms. The van der Waals surface area contributed by atoms with Gasteiger partial charge in [0.1, 0.15) is 10.6 Å². The number of rotatable bonds is 3. The van der Waals surface area contributed by atoms with Gasteiger partial charge in [-0.2, -0.15) is 5.26 Å². The fraction of sp³-hybridized carbons (Fsp3) is 0.182. The molecular weight excluding hydrogens is 238 g/mol. The molecule has 0 saturated heterocycles. The first kappa shape index (κ1) is 11.4. The van der Waals surface area contributed by atoms with Crippen molar-refractivity contribution in [2.45, 2.75) is 13.0 Å². The van der Waals surface area contributed by atoms with Gasteiger partial charge in [-0.15, -0.1) is 11.3 Å². The minimum absolute atomic E-state index is 0.312. The number of nitrogens with one attached hydrogen (secondary N) is 1. The van der Waals surface area contributed by atoms with Crippen LogP contribution in [0.25, 0.3) is 0 Å². The van der Waals surface area contributed by atoms with Crippen molar-refractivity contribution < 1.29 is 9.21 Å². The number of amides is 1. The molecule has 0 radical (unpaired) electrons. The number of carbonyl (C=O) groups excluding carboxylic acids is 1. The fourth-order valence-electron chi connectivity index (χ4n) is 1.34. The van der Waals surface area contributed by atoms with E-state index in [0.29, 0.717) is 16.3 Å². The van der Waals surface area contributed by atoms with Crippen molar-refractivity contribution in [3.8, 4) is 6.07 Å². The normalized spacial score (nSPS) is 11.8. The van der Waals surface area contributed by atoms with Gasteiger partial charge in [0.05, 0.1) is 23.5 Å². The molecule has 2 rings (SSSR count). The van der Waals surface area contributed by atoms with Crippen molar-refractivity contribution in [2.75, 3.05) is 0 Å². The Hall–Kier alpha value is -2.13. The zero-order valence-corrected chi connectivity index (χ0v) is 9.82. The highest BCUT2D eigenvalue weighted by Crippen LogP contribution is 2.16. The Labute approximate surface area is 102 Å². The number of carbonyl (C=O) groups is 1. The average Bonchev–Trinajstić information content (AvgIpc) is 2.96. The summed E-state index contributed by atoms with van der Waals surface area (Å²) in [5.41, 5.74) is 2.25. The molecule has 2 heterocycles. The largest absolute Gasteiger partial charge is 0.466 e. The second-order valence-electron chi connectivity index (χ2n) is 3.32. The van der Waals surface area contributed by atoms with E-state index in [4.69, 9.17) is 9.68 Å². The Morgan fingerprint density at radius 3 is 3.06 bits per heavy atom. The number of furan rings is 1. The Balaban J connectivity index is 2.14. The second-order valence-corrected chi connectivity index (χ2v) is 4.17. The summed E-state index contributed by atoms with van der Waals surface area (Å²) in [7, 11) is 0. The number of nitrogens with zero attached hydrogens (tertiary/aromatic N) is 2. The lowest BCUT2D eigenvalue weighted by molar-refractivity contribution is 0.0945. The van der Waals surface area contributed by atoms with E-state index < -0.39 is 6.04 Å². The standard InChI is InChI=1S/C11H9N3O2S/c1-7-10(17-6-13-7)11(15)14-8(5-12)9-3-2-4-16-9/h2-4,6,8H,1H3,(H,14,15). The summed E-state index contributed by atoms with van der Waals surface area (Å²) in [6.45, 7) is 1.75. The first-order chi connectivity index (χ1) is 8.22. The van der Waals surface area contributed by atoms with Gasteiger partial charge < -0.3 is 9.73 Å². The summed E-state index contributed by atoms with van der Waals surface area (Å²) in [5.74, 6) is 0.107. The molecule has 2 aromatic heterocycles. The van der Waals surface area contributed by atoms with Crippen molar-refractivity contribution in [3.63, 3.8) is 0 Å². The van der Waals surface area contributed by atoms with Crippen LogP contribution in [0.15, 0.2) is 28.3 Å². The molecule has 0 aliphatic carbocycles. The van der Waals surface area contributed by atoms with E-state index in [0.717, 1.165) is 0 Å². The quantitative estimate of drug-likeness (QED) is 0.900. The molecule has 0 aliphatic heterocycles. The molecule has 6 heteroatoms. The lowest BCUT2D eigenvalue weighted by Crippen LogP contribution is -2.27. The van der Waals surface area contributed by atoms with Gasteiger partial charge in [0, 0.05) is 0 Å². The molecule has 0 fully saturated rings. The van der Waals surface area contributed by atoms with Gasteiger partial charge in [0.25, 0.3) is 5.91 Å². The summed E-state index contributed by atoms with van der Waals surface area (Å²) >= 11 is 1.24. The zero-order chi connectivity index (χ0) is 12.3. The van der Waals surface area contributed by atoms with E-state index in [1.165, 1.54) is 17.6 Å². The number of hydrogen-bond acceptors (Lipinski definition) is 5. The Morgan fingerprint density at radius 2 is 2.53 bits per heavy atom. The van der Waals surface area contributed by atoms with Gasteiger partial charge in [0.15, 0.2) is 6.04 Å². The monoisotopic (exact) mass is 247 g/mol. The van der Waals surface area contributed by atoms with Gasteiger partial charge in [-0.05, 0) is 19.1 Å². The molecule has 0 bridgehead atoms. The molecule has 1 atom stereocenters. The highest BCUT2D eigenvalue weighted by atomic mass is 32.1. The summed E-state index contributed by atoms with van der Waals surface area (Å²) in [4.78, 5) is 16.4. The van der Waals surface area contributed by atoms with Gasteiger partial charge in [-0.25, -0.2) is 4.98 Å². The maximum atomic E-state index is 11.9. The Bertz CT molecular complexity index is 554. The van der Waals surface area contributed by atoms with Crippen molar-refractivity contribution in [2.24, 2.45) is 0 Å². The molecule has 2 aromatic rings. The van der Waals surface area contributed by atoms with E-state index >= 15 is 0 Å². The summed E-state index contributed by atoms with van der Waals surface area (Å²) in [6, 6.07) is 4.51. The Kier molecular flexibility index (Phi) is 3.21. The third-order valence-corrected chi connectivity index (χ3v) is 3.11. The molecule has 0 aromatic carbocycles. The fourth-order valence-corrected chi connectivity index (χ4v) is 2.04. The van der Waals surface area contributed by atoms with E-state index in [1.54, 1.807) is 24.6 Å². The van der Waals surface area contributed by atoms with Crippen LogP contribution in [0.3, 0.4) is 0 Å². The molecule has 1 unspecified atom stereocenters. The first-order valence-corrected chi connectivity index (χ1v) is 5.74. The van der Waals surface area contributed by atoms with Crippen LogP contribution < -0.4 is 5.32 Å². The van der Waals surface area contributed by atoms with Gasteiger partial charge in [0.2, 0.25) is 0 Å². The van der Waals surface area contributed by atoms with Gasteiger partial charge in [-0.1, -0.05) is 0 Å². The third-order valence-electron chi connectivity index (χ3n) is 2.18. The number of aryl methyl sites for hydroxylation is 1. The van der Waals surface area contributed by atoms with Crippen LogP contribution in [0.4, 0.5) is 0 Å². The van der Waals surface area contributed by atoms with E-state index in [9.17, 15) is 4.79 Å². The third kappa shape index (κ3) is 2.34. The predicted octanol–water partition coefficient (Wildman–Crippen LogP) is 2.04. The van der Waals surface area contributed by atoms with Crippen molar-refractivity contribution >= 4 is 17.2 Å². The topological polar surface area (TPSA) is 78.9 Å². The number of hydrogen-bond donors (Lipinski definition) is 1. The number of aromatic nitrogens is 1. The summed E-state index contributed by atoms with van der Waals surface area (Å²) in [5, 5.41) is 11.6. The highest BCUT2D eigenvalue weighted by molar-refractivity contribution is 7.11. The number of thiazole rings is 1. The summed E-state index contributed by atoms with van der Waals surface area (Å²) in [6.07, 6.45) is 1.46. The molecule has 0 saturated carbocycles. The van der Waals surface area contributed by atoms with Crippen LogP contribution in [-0.4, -0.2) is 10.9 Å². The minimum atomic E-state index is -0.779. The van der Waals surface area contributed by atoms with Crippen molar-refractivity contribution in [1.29, 1.82) is 5.26 Å². The van der Waals surface area contributed by atoms with Crippen LogP contribution in [0.1, 0.15) is 27.2 Å². The zero-order valence-electron chi connectivity index (χ0n) is 9.01. The van der Waals surface area contributed by atoms with Gasteiger partial charge >= 0.3 is 0 Å². The highest BCUT2D eigenvalue weighted by Gasteiger charge is 2.19. The second kappa shape index (κ2) is 4.80. The maximum Gasteiger partial charge on any atom is 0.264 e. The van der Waals surface area contributed by atoms with E-state index in [-0.39, 0.29) is 5.91 Å². The number of nitriles is 1. The summed E-state index contributed by atoms with van der Waals surface area (Å²) < 4.78 is 5.09. The van der Waals surface area contributed by atoms with Crippen LogP contribution >= 0.6 is 11.3 Å². The molecule has 0 spiro atoms. The molecule has 1 N–H and O–H groups in total. The van der Waals surface area contributed by atoms with Crippen molar-refractivity contribution in [3.05, 3.63) is 40.2 Å². The van der Waals surface area contributed by atoms with Crippen LogP contribution in [0.5, 0.6) is 0 Å². The maximum absolute atomic E-state index is 11.9. The smallest absolute Gasteiger partial charge is 0.264 e. The Morgan fingerprint density at radius 1 is 1.71 bits per heavy atom. The van der Waals surface area contributed by atoms with Crippen LogP contribution in [0, 0.1) is 18.3 Å². The minimum Gasteiger partial charge on any atom is -0.466 e. The molecule has 5 nitrogen and oxygen atoms in total. The van der Waals surface area contributed by atoms with E-state index in [2.05, 4.69) is 10.3 Å². The van der Waals surface area contributed by atoms with E-state index in [1.807, 2.05) is 6.07 Å².